The molecule has 0 bridgehead atoms. The molecule has 18 heavy (non-hydrogen) atoms. The van der Waals surface area contributed by atoms with Gasteiger partial charge in [-0.3, -0.25) is 4.79 Å². The average Bonchev–Trinajstić information content (AvgIpc) is 2.37. The number of hydrogen-bond acceptors (Lipinski definition) is 4. The summed E-state index contributed by atoms with van der Waals surface area (Å²) < 4.78 is 23.7. The Morgan fingerprint density at radius 3 is 2.50 bits per heavy atom. The molecular formula is C13H18FNO3. The van der Waals surface area contributed by atoms with Crippen molar-refractivity contribution in [2.24, 2.45) is 5.73 Å². The lowest BCUT2D eigenvalue weighted by Crippen LogP contribution is -2.10. The first-order chi connectivity index (χ1) is 8.54. The van der Waals surface area contributed by atoms with Crippen LogP contribution in [-0.2, 0) is 0 Å². The number of ketones is 1. The Morgan fingerprint density at radius 2 is 2.06 bits per heavy atom. The van der Waals surface area contributed by atoms with Gasteiger partial charge in [-0.1, -0.05) is 0 Å². The van der Waals surface area contributed by atoms with Crippen LogP contribution in [0.1, 0.15) is 35.4 Å². The molecule has 1 rings (SSSR count). The van der Waals surface area contributed by atoms with E-state index in [0.29, 0.717) is 22.6 Å². The first-order valence-corrected chi connectivity index (χ1v) is 5.68. The van der Waals surface area contributed by atoms with E-state index in [4.69, 9.17) is 15.2 Å². The number of alkyl halides is 1. The number of halogens is 1. The van der Waals surface area contributed by atoms with Crippen molar-refractivity contribution in [2.75, 3.05) is 20.8 Å². The molecule has 0 aliphatic rings. The first-order valence-electron chi connectivity index (χ1n) is 5.68. The fourth-order valence-corrected chi connectivity index (χ4v) is 1.69. The lowest BCUT2D eigenvalue weighted by Gasteiger charge is -2.14. The van der Waals surface area contributed by atoms with E-state index in [1.54, 1.807) is 0 Å². The number of methoxy groups -OCH3 is 2. The Labute approximate surface area is 106 Å². The molecule has 0 aliphatic carbocycles. The molecule has 100 valence electrons. The highest BCUT2D eigenvalue weighted by atomic mass is 19.1. The molecule has 1 unspecified atom stereocenters. The quantitative estimate of drug-likeness (QED) is 0.792. The molecule has 5 heteroatoms. The van der Waals surface area contributed by atoms with Crippen molar-refractivity contribution in [1.29, 1.82) is 0 Å². The molecule has 1 atom stereocenters. The largest absolute Gasteiger partial charge is 0.493 e. The number of Topliss-reactive ketones (excluding diaryl/α,β-unsaturated/α-hetero) is 1. The van der Waals surface area contributed by atoms with Crippen LogP contribution in [0, 0.1) is 0 Å². The highest BCUT2D eigenvalue weighted by Gasteiger charge is 2.19. The molecule has 0 radical (unpaired) electrons. The molecule has 0 heterocycles. The summed E-state index contributed by atoms with van der Waals surface area (Å²) >= 11 is 0. The van der Waals surface area contributed by atoms with Crippen molar-refractivity contribution in [2.45, 2.75) is 19.5 Å². The predicted molar refractivity (Wildman–Crippen MR) is 67.1 cm³/mol. The summed E-state index contributed by atoms with van der Waals surface area (Å²) in [5, 5.41) is 0. The van der Waals surface area contributed by atoms with Crippen LogP contribution in [0.15, 0.2) is 12.1 Å². The zero-order valence-electron chi connectivity index (χ0n) is 10.8. The Balaban J connectivity index is 3.35. The van der Waals surface area contributed by atoms with Gasteiger partial charge in [0, 0.05) is 6.42 Å². The molecule has 4 nitrogen and oxygen atoms in total. The fourth-order valence-electron chi connectivity index (χ4n) is 1.69. The van der Waals surface area contributed by atoms with E-state index in [-0.39, 0.29) is 18.7 Å². The number of hydrogen-bond donors (Lipinski definition) is 1. The Hall–Kier alpha value is -1.62. The second-order valence-corrected chi connectivity index (χ2v) is 3.88. The molecule has 0 saturated carbocycles. The van der Waals surface area contributed by atoms with Crippen molar-refractivity contribution in [3.63, 3.8) is 0 Å². The van der Waals surface area contributed by atoms with E-state index >= 15 is 0 Å². The van der Waals surface area contributed by atoms with E-state index in [0.717, 1.165) is 0 Å². The van der Waals surface area contributed by atoms with E-state index < -0.39 is 6.17 Å². The second kappa shape index (κ2) is 6.35. The van der Waals surface area contributed by atoms with Crippen molar-refractivity contribution in [3.05, 3.63) is 23.3 Å². The first kappa shape index (κ1) is 14.4. The maximum Gasteiger partial charge on any atom is 0.171 e. The van der Waals surface area contributed by atoms with Crippen LogP contribution in [0.25, 0.3) is 0 Å². The third-order valence-corrected chi connectivity index (χ3v) is 2.63. The maximum absolute atomic E-state index is 13.4. The number of carbonyl (C=O) groups excluding carboxylic acids is 1. The Kier molecular flexibility index (Phi) is 5.09. The highest BCUT2D eigenvalue weighted by Crippen LogP contribution is 2.35. The summed E-state index contributed by atoms with van der Waals surface area (Å²) in [6.07, 6.45) is -1.00. The normalized spacial score (nSPS) is 12.1. The monoisotopic (exact) mass is 255 g/mol. The minimum Gasteiger partial charge on any atom is -0.493 e. The van der Waals surface area contributed by atoms with Gasteiger partial charge in [0.2, 0.25) is 0 Å². The van der Waals surface area contributed by atoms with Gasteiger partial charge in [-0.2, -0.15) is 0 Å². The molecular weight excluding hydrogens is 237 g/mol. The van der Waals surface area contributed by atoms with Crippen LogP contribution in [0.5, 0.6) is 11.5 Å². The van der Waals surface area contributed by atoms with Crippen LogP contribution >= 0.6 is 0 Å². The second-order valence-electron chi connectivity index (χ2n) is 3.88. The van der Waals surface area contributed by atoms with Crippen molar-refractivity contribution in [1.82, 2.24) is 0 Å². The van der Waals surface area contributed by atoms with Crippen molar-refractivity contribution in [3.8, 4) is 11.5 Å². The van der Waals surface area contributed by atoms with E-state index in [9.17, 15) is 9.18 Å². The standard InChI is InChI=1S/C13H18FNO3/c1-8(14)9-6-10(11(16)4-5-15)13(18-3)12(7-9)17-2/h6-8H,4-5,15H2,1-3H3. The van der Waals surface area contributed by atoms with Gasteiger partial charge in [-0.05, 0) is 31.2 Å². The fraction of sp³-hybridized carbons (Fsp3) is 0.462. The number of nitrogens with two attached hydrogens (primary N) is 1. The molecule has 0 aliphatic heterocycles. The Bertz CT molecular complexity index is 432. The lowest BCUT2D eigenvalue weighted by atomic mass is 10.0. The summed E-state index contributed by atoms with van der Waals surface area (Å²) in [7, 11) is 2.89. The smallest absolute Gasteiger partial charge is 0.171 e. The zero-order chi connectivity index (χ0) is 13.7. The van der Waals surface area contributed by atoms with E-state index in [1.165, 1.54) is 33.3 Å². The molecule has 2 N–H and O–H groups in total. The highest BCUT2D eigenvalue weighted by molar-refractivity contribution is 5.99. The number of carbonyl (C=O) groups is 1. The molecule has 1 aromatic carbocycles. The minimum absolute atomic E-state index is 0.184. The topological polar surface area (TPSA) is 61.5 Å². The molecule has 1 aromatic rings. The minimum atomic E-state index is -1.19. The van der Waals surface area contributed by atoms with Gasteiger partial charge < -0.3 is 15.2 Å². The van der Waals surface area contributed by atoms with Crippen LogP contribution in [0.3, 0.4) is 0 Å². The zero-order valence-corrected chi connectivity index (χ0v) is 10.8. The van der Waals surface area contributed by atoms with Gasteiger partial charge in [0.25, 0.3) is 0 Å². The van der Waals surface area contributed by atoms with Gasteiger partial charge >= 0.3 is 0 Å². The maximum atomic E-state index is 13.4. The molecule has 0 saturated heterocycles. The molecule has 0 aromatic heterocycles. The number of benzene rings is 1. The summed E-state index contributed by atoms with van der Waals surface area (Å²) in [5.41, 5.74) is 6.05. The Morgan fingerprint density at radius 1 is 1.39 bits per heavy atom. The number of rotatable bonds is 6. The summed E-state index contributed by atoms with van der Waals surface area (Å²) in [4.78, 5) is 11.9. The van der Waals surface area contributed by atoms with Crippen molar-refractivity contribution < 1.29 is 18.7 Å². The summed E-state index contributed by atoms with van der Waals surface area (Å²) in [5.74, 6) is 0.482. The van der Waals surface area contributed by atoms with Gasteiger partial charge in [0.15, 0.2) is 17.3 Å². The van der Waals surface area contributed by atoms with Crippen molar-refractivity contribution >= 4 is 5.78 Å². The molecule has 0 fully saturated rings. The number of ether oxygens (including phenoxy) is 2. The van der Waals surface area contributed by atoms with Gasteiger partial charge in [-0.25, -0.2) is 4.39 Å². The lowest BCUT2D eigenvalue weighted by molar-refractivity contribution is 0.0981. The van der Waals surface area contributed by atoms with Crippen LogP contribution < -0.4 is 15.2 Å². The predicted octanol–water partition coefficient (Wildman–Crippen LogP) is 2.27. The average molecular weight is 255 g/mol. The third-order valence-electron chi connectivity index (χ3n) is 2.63. The van der Waals surface area contributed by atoms with E-state index in [2.05, 4.69) is 0 Å². The van der Waals surface area contributed by atoms with Gasteiger partial charge in [0.05, 0.1) is 19.8 Å². The van der Waals surface area contributed by atoms with Crippen LogP contribution in [0.2, 0.25) is 0 Å². The van der Waals surface area contributed by atoms with E-state index in [1.807, 2.05) is 0 Å². The van der Waals surface area contributed by atoms with Gasteiger partial charge in [-0.15, -0.1) is 0 Å². The summed E-state index contributed by atoms with van der Waals surface area (Å²) in [6.45, 7) is 1.64. The van der Waals surface area contributed by atoms with Crippen LogP contribution in [-0.4, -0.2) is 26.5 Å². The molecule has 0 spiro atoms. The van der Waals surface area contributed by atoms with Gasteiger partial charge in [0.1, 0.15) is 6.17 Å². The summed E-state index contributed by atoms with van der Waals surface area (Å²) in [6, 6.07) is 3.02. The molecule has 0 amide bonds. The van der Waals surface area contributed by atoms with Crippen LogP contribution in [0.4, 0.5) is 4.39 Å². The third kappa shape index (κ3) is 2.98. The SMILES string of the molecule is COc1cc(C(C)F)cc(C(=O)CCN)c1OC.